The zero-order chi connectivity index (χ0) is 25.8. The fourth-order valence-corrected chi connectivity index (χ4v) is 4.98. The van der Waals surface area contributed by atoms with Gasteiger partial charge in [-0.05, 0) is 43.5 Å². The number of carboxylic acid groups (broad SMARTS) is 1. The van der Waals surface area contributed by atoms with Crippen molar-refractivity contribution in [1.29, 1.82) is 0 Å². The molecule has 0 spiro atoms. The van der Waals surface area contributed by atoms with Crippen LogP contribution in [0, 0.1) is 0 Å². The third-order valence-electron chi connectivity index (χ3n) is 6.60. The number of carbonyl (C=O) groups is 3. The lowest BCUT2D eigenvalue weighted by atomic mass is 10.1. The predicted molar refractivity (Wildman–Crippen MR) is 132 cm³/mol. The van der Waals surface area contributed by atoms with Crippen LogP contribution >= 0.6 is 0 Å². The topological polar surface area (TPSA) is 122 Å². The Kier molecular flexibility index (Phi) is 7.91. The Labute approximate surface area is 210 Å². The molecule has 36 heavy (non-hydrogen) atoms. The van der Waals surface area contributed by atoms with Crippen LogP contribution in [0.25, 0.3) is 0 Å². The van der Waals surface area contributed by atoms with E-state index in [2.05, 4.69) is 30.9 Å². The van der Waals surface area contributed by atoms with Gasteiger partial charge < -0.3 is 25.2 Å². The highest BCUT2D eigenvalue weighted by atomic mass is 16.5. The van der Waals surface area contributed by atoms with Crippen LogP contribution < -0.4 is 10.5 Å². The van der Waals surface area contributed by atoms with Crippen LogP contribution in [0.3, 0.4) is 0 Å². The van der Waals surface area contributed by atoms with E-state index in [0.717, 1.165) is 25.2 Å². The van der Waals surface area contributed by atoms with Gasteiger partial charge in [-0.2, -0.15) is 0 Å². The van der Waals surface area contributed by atoms with E-state index in [4.69, 9.17) is 15.2 Å². The number of aliphatic carboxylic acids is 1. The standard InChI is InChI=1S/C27H33N3O6/c1-17-12-29(13-18(2)36-17)14-19-6-8-20(9-7-19)16-35-24-5-3-4-21-22(24)15-30(26(21)32)23(27(33)34)10-11-25(28)31/h3-9,17-18,23H,10-16H2,1-2H3,(H2,28,31)(H,33,34)/t17-,18+,23?. The molecular weight excluding hydrogens is 462 g/mol. The molecule has 0 radical (unpaired) electrons. The predicted octanol–water partition coefficient (Wildman–Crippen LogP) is 2.55. The van der Waals surface area contributed by atoms with Crippen molar-refractivity contribution in [2.75, 3.05) is 13.1 Å². The molecule has 2 aromatic rings. The number of carbonyl (C=O) groups excluding carboxylic acids is 2. The minimum atomic E-state index is -1.17. The largest absolute Gasteiger partial charge is 0.489 e. The van der Waals surface area contributed by atoms with Crippen molar-refractivity contribution in [3.05, 3.63) is 64.7 Å². The van der Waals surface area contributed by atoms with Gasteiger partial charge in [0.05, 0.1) is 18.8 Å². The zero-order valence-corrected chi connectivity index (χ0v) is 20.7. The van der Waals surface area contributed by atoms with Crippen LogP contribution in [-0.2, 0) is 34.0 Å². The number of primary amides is 1. The average molecular weight is 496 g/mol. The lowest BCUT2D eigenvalue weighted by Crippen LogP contribution is -2.44. The number of nitrogens with two attached hydrogens (primary N) is 1. The first-order chi connectivity index (χ1) is 17.2. The molecule has 2 heterocycles. The molecule has 2 aliphatic heterocycles. The Morgan fingerprint density at radius 2 is 1.78 bits per heavy atom. The number of amides is 2. The lowest BCUT2D eigenvalue weighted by Gasteiger charge is -2.35. The number of rotatable bonds is 10. The van der Waals surface area contributed by atoms with Crippen molar-refractivity contribution in [2.24, 2.45) is 5.73 Å². The minimum Gasteiger partial charge on any atom is -0.489 e. The van der Waals surface area contributed by atoms with E-state index in [9.17, 15) is 19.5 Å². The average Bonchev–Trinajstić information content (AvgIpc) is 3.14. The second-order valence-electron chi connectivity index (χ2n) is 9.63. The number of hydrogen-bond acceptors (Lipinski definition) is 6. The van der Waals surface area contributed by atoms with Crippen molar-refractivity contribution in [3.8, 4) is 5.75 Å². The molecule has 1 unspecified atom stereocenters. The molecule has 0 aromatic heterocycles. The van der Waals surface area contributed by atoms with Gasteiger partial charge in [0.2, 0.25) is 5.91 Å². The molecule has 0 saturated carbocycles. The molecule has 9 nitrogen and oxygen atoms in total. The first-order valence-electron chi connectivity index (χ1n) is 12.2. The first kappa shape index (κ1) is 25.7. The quantitative estimate of drug-likeness (QED) is 0.519. The highest BCUT2D eigenvalue weighted by molar-refractivity contribution is 6.01. The molecule has 1 fully saturated rings. The second kappa shape index (κ2) is 11.1. The van der Waals surface area contributed by atoms with E-state index in [0.29, 0.717) is 23.5 Å². The summed E-state index contributed by atoms with van der Waals surface area (Å²) in [6.45, 7) is 7.31. The van der Waals surface area contributed by atoms with Gasteiger partial charge in [-0.25, -0.2) is 4.79 Å². The summed E-state index contributed by atoms with van der Waals surface area (Å²) in [4.78, 5) is 39.6. The molecule has 3 atom stereocenters. The zero-order valence-electron chi connectivity index (χ0n) is 20.7. The smallest absolute Gasteiger partial charge is 0.326 e. The van der Waals surface area contributed by atoms with E-state index in [-0.39, 0.29) is 37.5 Å². The monoisotopic (exact) mass is 495 g/mol. The maximum absolute atomic E-state index is 12.9. The summed E-state index contributed by atoms with van der Waals surface area (Å²) in [5.41, 5.74) is 8.46. The van der Waals surface area contributed by atoms with Gasteiger partial charge in [0, 0.05) is 37.2 Å². The molecule has 2 aromatic carbocycles. The third kappa shape index (κ3) is 6.03. The van der Waals surface area contributed by atoms with Crippen molar-refractivity contribution in [2.45, 2.75) is 64.6 Å². The molecule has 9 heteroatoms. The Balaban J connectivity index is 1.39. The number of carboxylic acids is 1. The molecule has 3 N–H and O–H groups in total. The summed E-state index contributed by atoms with van der Waals surface area (Å²) < 4.78 is 11.9. The Bertz CT molecular complexity index is 1110. The lowest BCUT2D eigenvalue weighted by molar-refractivity contribution is -0.142. The van der Waals surface area contributed by atoms with Crippen LogP contribution in [0.2, 0.25) is 0 Å². The van der Waals surface area contributed by atoms with Crippen molar-refractivity contribution in [1.82, 2.24) is 9.80 Å². The highest BCUT2D eigenvalue weighted by Crippen LogP contribution is 2.33. The van der Waals surface area contributed by atoms with Crippen molar-refractivity contribution >= 4 is 17.8 Å². The molecular formula is C27H33N3O6. The van der Waals surface area contributed by atoms with Crippen LogP contribution in [-0.4, -0.2) is 64.0 Å². The van der Waals surface area contributed by atoms with E-state index in [1.807, 2.05) is 12.1 Å². The molecule has 0 aliphatic carbocycles. The second-order valence-corrected chi connectivity index (χ2v) is 9.63. The van der Waals surface area contributed by atoms with Gasteiger partial charge >= 0.3 is 5.97 Å². The Morgan fingerprint density at radius 3 is 2.42 bits per heavy atom. The number of ether oxygens (including phenoxy) is 2. The van der Waals surface area contributed by atoms with Crippen molar-refractivity contribution < 1.29 is 29.0 Å². The molecule has 192 valence electrons. The van der Waals surface area contributed by atoms with Crippen LogP contribution in [0.5, 0.6) is 5.75 Å². The van der Waals surface area contributed by atoms with Gasteiger partial charge in [0.15, 0.2) is 0 Å². The molecule has 0 bridgehead atoms. The first-order valence-corrected chi connectivity index (χ1v) is 12.2. The molecule has 4 rings (SSSR count). The molecule has 1 saturated heterocycles. The number of hydrogen-bond donors (Lipinski definition) is 2. The van der Waals surface area contributed by atoms with E-state index in [1.165, 1.54) is 10.5 Å². The minimum absolute atomic E-state index is 0.0325. The maximum atomic E-state index is 12.9. The fraction of sp³-hybridized carbons (Fsp3) is 0.444. The number of nitrogens with zero attached hydrogens (tertiary/aromatic N) is 2. The summed E-state index contributed by atoms with van der Waals surface area (Å²) in [5, 5.41) is 9.63. The third-order valence-corrected chi connectivity index (χ3v) is 6.60. The number of morpholine rings is 1. The van der Waals surface area contributed by atoms with Gasteiger partial charge in [-0.15, -0.1) is 0 Å². The summed E-state index contributed by atoms with van der Waals surface area (Å²) in [5.74, 6) is -1.61. The van der Waals surface area contributed by atoms with Gasteiger partial charge in [-0.3, -0.25) is 14.5 Å². The fourth-order valence-electron chi connectivity index (χ4n) is 4.98. The van der Waals surface area contributed by atoms with Crippen LogP contribution in [0.4, 0.5) is 0 Å². The SMILES string of the molecule is C[C@@H]1CN(Cc2ccc(COc3cccc4c3CN(C(CCC(N)=O)C(=O)O)C4=O)cc2)C[C@H](C)O1. The van der Waals surface area contributed by atoms with Crippen LogP contribution in [0.15, 0.2) is 42.5 Å². The van der Waals surface area contributed by atoms with Gasteiger partial charge in [0.25, 0.3) is 5.91 Å². The highest BCUT2D eigenvalue weighted by Gasteiger charge is 2.37. The van der Waals surface area contributed by atoms with E-state index < -0.39 is 17.9 Å². The van der Waals surface area contributed by atoms with Gasteiger partial charge in [-0.1, -0.05) is 30.3 Å². The maximum Gasteiger partial charge on any atom is 0.326 e. The number of fused-ring (bicyclic) bond motifs is 1. The van der Waals surface area contributed by atoms with E-state index >= 15 is 0 Å². The summed E-state index contributed by atoms with van der Waals surface area (Å²) in [6, 6.07) is 12.3. The van der Waals surface area contributed by atoms with E-state index in [1.54, 1.807) is 18.2 Å². The number of benzene rings is 2. The Hall–Kier alpha value is -3.43. The normalized spacial score (nSPS) is 20.7. The Morgan fingerprint density at radius 1 is 1.11 bits per heavy atom. The summed E-state index contributed by atoms with van der Waals surface area (Å²) in [7, 11) is 0. The molecule has 2 amide bonds. The van der Waals surface area contributed by atoms with Gasteiger partial charge in [0.1, 0.15) is 18.4 Å². The summed E-state index contributed by atoms with van der Waals surface area (Å²) in [6.07, 6.45) is 0.312. The van der Waals surface area contributed by atoms with Crippen LogP contribution in [0.1, 0.15) is 53.7 Å². The van der Waals surface area contributed by atoms with Crippen molar-refractivity contribution in [3.63, 3.8) is 0 Å². The molecule has 2 aliphatic rings. The summed E-state index contributed by atoms with van der Waals surface area (Å²) >= 11 is 0.